The van der Waals surface area contributed by atoms with Gasteiger partial charge in [0.15, 0.2) is 0 Å². The number of benzene rings is 1. The normalized spacial score (nSPS) is 11.6. The predicted molar refractivity (Wildman–Crippen MR) is 76.8 cm³/mol. The van der Waals surface area contributed by atoms with Crippen molar-refractivity contribution in [3.05, 3.63) is 24.0 Å². The Labute approximate surface area is 118 Å². The van der Waals surface area contributed by atoms with E-state index in [1.807, 2.05) is 32.0 Å². The summed E-state index contributed by atoms with van der Waals surface area (Å²) in [6.45, 7) is 5.92. The summed E-state index contributed by atoms with van der Waals surface area (Å²) < 4.78 is 10.3. The van der Waals surface area contributed by atoms with Gasteiger partial charge < -0.3 is 14.5 Å². The number of methoxy groups -OCH3 is 1. The molecule has 2 aromatic rings. The molecule has 0 aliphatic carbocycles. The van der Waals surface area contributed by atoms with Crippen molar-refractivity contribution in [3.63, 3.8) is 0 Å². The second-order valence-corrected chi connectivity index (χ2v) is 5.35. The number of aromatic nitrogens is 2. The van der Waals surface area contributed by atoms with E-state index in [1.165, 1.54) is 0 Å². The van der Waals surface area contributed by atoms with Crippen molar-refractivity contribution in [2.45, 2.75) is 27.2 Å². The maximum absolute atomic E-state index is 11.9. The van der Waals surface area contributed by atoms with Crippen molar-refractivity contribution in [1.29, 1.82) is 0 Å². The van der Waals surface area contributed by atoms with E-state index in [4.69, 9.17) is 9.47 Å². The Balaban J connectivity index is 2.23. The molecular weight excluding hydrogens is 256 g/mol. The highest BCUT2D eigenvalue weighted by Gasteiger charge is 2.30. The van der Waals surface area contributed by atoms with Crippen molar-refractivity contribution in [2.24, 2.45) is 5.41 Å². The molecule has 1 N–H and O–H groups in total. The van der Waals surface area contributed by atoms with Crippen molar-refractivity contribution < 1.29 is 14.3 Å². The molecule has 0 atom stereocenters. The lowest BCUT2D eigenvalue weighted by atomic mass is 9.89. The van der Waals surface area contributed by atoms with Gasteiger partial charge >= 0.3 is 5.97 Å². The van der Waals surface area contributed by atoms with Crippen LogP contribution in [-0.4, -0.2) is 29.7 Å². The van der Waals surface area contributed by atoms with Crippen LogP contribution in [0.5, 0.6) is 5.75 Å². The van der Waals surface area contributed by atoms with Crippen molar-refractivity contribution in [2.75, 3.05) is 13.7 Å². The van der Waals surface area contributed by atoms with Crippen LogP contribution in [-0.2, 0) is 16.0 Å². The topological polar surface area (TPSA) is 64.2 Å². The number of hydrogen-bond donors (Lipinski definition) is 1. The largest absolute Gasteiger partial charge is 0.497 e. The Morgan fingerprint density at radius 3 is 2.80 bits per heavy atom. The lowest BCUT2D eigenvalue weighted by Gasteiger charge is -2.20. The number of carbonyl (C=O) groups is 1. The average Bonchev–Trinajstić information content (AvgIpc) is 2.78. The quantitative estimate of drug-likeness (QED) is 0.853. The van der Waals surface area contributed by atoms with E-state index in [1.54, 1.807) is 14.0 Å². The third kappa shape index (κ3) is 2.92. The predicted octanol–water partition coefficient (Wildman–Crippen LogP) is 2.70. The third-order valence-corrected chi connectivity index (χ3v) is 3.18. The van der Waals surface area contributed by atoms with Gasteiger partial charge in [0, 0.05) is 12.5 Å². The second-order valence-electron chi connectivity index (χ2n) is 5.35. The summed E-state index contributed by atoms with van der Waals surface area (Å²) >= 11 is 0. The fourth-order valence-corrected chi connectivity index (χ4v) is 2.07. The zero-order valence-corrected chi connectivity index (χ0v) is 12.3. The van der Waals surface area contributed by atoms with Gasteiger partial charge in [0.1, 0.15) is 11.6 Å². The van der Waals surface area contributed by atoms with Gasteiger partial charge in [0.25, 0.3) is 0 Å². The number of nitrogens with zero attached hydrogens (tertiary/aromatic N) is 1. The number of rotatable bonds is 5. The summed E-state index contributed by atoms with van der Waals surface area (Å²) in [7, 11) is 1.62. The molecule has 0 saturated carbocycles. The van der Waals surface area contributed by atoms with Crippen molar-refractivity contribution in [1.82, 2.24) is 9.97 Å². The number of nitrogens with one attached hydrogen (secondary N) is 1. The molecule has 0 radical (unpaired) electrons. The van der Waals surface area contributed by atoms with Gasteiger partial charge in [0.05, 0.1) is 30.2 Å². The molecule has 0 saturated heterocycles. The first-order valence-electron chi connectivity index (χ1n) is 6.66. The first-order valence-corrected chi connectivity index (χ1v) is 6.66. The molecule has 0 bridgehead atoms. The summed E-state index contributed by atoms with van der Waals surface area (Å²) in [4.78, 5) is 19.6. The maximum atomic E-state index is 11.9. The van der Waals surface area contributed by atoms with E-state index >= 15 is 0 Å². The number of esters is 1. The van der Waals surface area contributed by atoms with Gasteiger partial charge in [-0.3, -0.25) is 4.79 Å². The highest BCUT2D eigenvalue weighted by atomic mass is 16.5. The molecule has 0 amide bonds. The van der Waals surface area contributed by atoms with Crippen LogP contribution in [0.3, 0.4) is 0 Å². The SMILES string of the molecule is CCOC(=O)C(C)(C)Cc1nc2cc(OC)ccc2[nH]1. The Bertz CT molecular complexity index is 617. The fraction of sp³-hybridized carbons (Fsp3) is 0.467. The minimum Gasteiger partial charge on any atom is -0.497 e. The van der Waals surface area contributed by atoms with Crippen LogP contribution in [0.1, 0.15) is 26.6 Å². The van der Waals surface area contributed by atoms with Crippen LogP contribution in [0.25, 0.3) is 11.0 Å². The van der Waals surface area contributed by atoms with Crippen LogP contribution >= 0.6 is 0 Å². The zero-order chi connectivity index (χ0) is 14.8. The summed E-state index contributed by atoms with van der Waals surface area (Å²) in [6.07, 6.45) is 0.503. The minimum atomic E-state index is -0.603. The first kappa shape index (κ1) is 14.4. The van der Waals surface area contributed by atoms with Crippen LogP contribution in [0.15, 0.2) is 18.2 Å². The van der Waals surface area contributed by atoms with E-state index in [0.29, 0.717) is 13.0 Å². The molecule has 0 aliphatic rings. The number of ether oxygens (including phenoxy) is 2. The van der Waals surface area contributed by atoms with Gasteiger partial charge in [-0.25, -0.2) is 4.98 Å². The molecule has 2 rings (SSSR count). The lowest BCUT2D eigenvalue weighted by molar-refractivity contribution is -0.153. The fourth-order valence-electron chi connectivity index (χ4n) is 2.07. The van der Waals surface area contributed by atoms with Crippen molar-refractivity contribution in [3.8, 4) is 5.75 Å². The number of hydrogen-bond acceptors (Lipinski definition) is 4. The van der Waals surface area contributed by atoms with Crippen LogP contribution in [0, 0.1) is 5.41 Å². The third-order valence-electron chi connectivity index (χ3n) is 3.18. The highest BCUT2D eigenvalue weighted by molar-refractivity contribution is 5.78. The van der Waals surface area contributed by atoms with E-state index < -0.39 is 5.41 Å². The van der Waals surface area contributed by atoms with Gasteiger partial charge in [-0.05, 0) is 32.9 Å². The number of H-pyrrole nitrogens is 1. The van der Waals surface area contributed by atoms with Gasteiger partial charge in [0.2, 0.25) is 0 Å². The number of imidazole rings is 1. The molecule has 108 valence electrons. The minimum absolute atomic E-state index is 0.210. The lowest BCUT2D eigenvalue weighted by Crippen LogP contribution is -2.29. The Morgan fingerprint density at radius 1 is 1.40 bits per heavy atom. The Hall–Kier alpha value is -2.04. The molecule has 5 heteroatoms. The van der Waals surface area contributed by atoms with E-state index in [9.17, 15) is 4.79 Å². The van der Waals surface area contributed by atoms with Gasteiger partial charge in [-0.15, -0.1) is 0 Å². The molecule has 0 spiro atoms. The van der Waals surface area contributed by atoms with Gasteiger partial charge in [-0.1, -0.05) is 0 Å². The summed E-state index contributed by atoms with van der Waals surface area (Å²) in [5, 5.41) is 0. The Kier molecular flexibility index (Phi) is 3.97. The maximum Gasteiger partial charge on any atom is 0.311 e. The van der Waals surface area contributed by atoms with Crippen molar-refractivity contribution >= 4 is 17.0 Å². The Morgan fingerprint density at radius 2 is 2.15 bits per heavy atom. The highest BCUT2D eigenvalue weighted by Crippen LogP contribution is 2.25. The molecule has 1 heterocycles. The zero-order valence-electron chi connectivity index (χ0n) is 12.3. The van der Waals surface area contributed by atoms with E-state index in [-0.39, 0.29) is 5.97 Å². The molecule has 1 aromatic heterocycles. The summed E-state index contributed by atoms with van der Waals surface area (Å²) in [6, 6.07) is 5.66. The average molecular weight is 276 g/mol. The summed E-state index contributed by atoms with van der Waals surface area (Å²) in [5.74, 6) is 1.32. The number of carbonyl (C=O) groups excluding carboxylic acids is 1. The molecule has 0 aliphatic heterocycles. The standard InChI is InChI=1S/C15H20N2O3/c1-5-20-14(18)15(2,3)9-13-16-11-7-6-10(19-4)8-12(11)17-13/h6-8H,5,9H2,1-4H3,(H,16,17). The van der Waals surface area contributed by atoms with E-state index in [2.05, 4.69) is 9.97 Å². The molecule has 5 nitrogen and oxygen atoms in total. The van der Waals surface area contributed by atoms with Crippen LogP contribution in [0.4, 0.5) is 0 Å². The molecule has 20 heavy (non-hydrogen) atoms. The molecule has 0 unspecified atom stereocenters. The summed E-state index contributed by atoms with van der Waals surface area (Å²) in [5.41, 5.74) is 1.16. The van der Waals surface area contributed by atoms with Crippen LogP contribution < -0.4 is 4.74 Å². The number of aromatic amines is 1. The van der Waals surface area contributed by atoms with Gasteiger partial charge in [-0.2, -0.15) is 0 Å². The molecule has 1 aromatic carbocycles. The monoisotopic (exact) mass is 276 g/mol. The number of fused-ring (bicyclic) bond motifs is 1. The second kappa shape index (κ2) is 5.53. The molecule has 0 fully saturated rings. The van der Waals surface area contributed by atoms with E-state index in [0.717, 1.165) is 22.6 Å². The first-order chi connectivity index (χ1) is 9.46. The molecular formula is C15H20N2O3. The van der Waals surface area contributed by atoms with Crippen LogP contribution in [0.2, 0.25) is 0 Å². The smallest absolute Gasteiger partial charge is 0.311 e.